The second-order valence-electron chi connectivity index (χ2n) is 7.19. The highest BCUT2D eigenvalue weighted by Gasteiger charge is 2.29. The number of nitrogens with zero attached hydrogens (tertiary/aromatic N) is 5. The van der Waals surface area contributed by atoms with Crippen LogP contribution in [0.2, 0.25) is 0 Å². The summed E-state index contributed by atoms with van der Waals surface area (Å²) in [5, 5.41) is 17.3. The molecule has 0 spiro atoms. The Morgan fingerprint density at radius 2 is 1.90 bits per heavy atom. The van der Waals surface area contributed by atoms with Crippen molar-refractivity contribution in [1.82, 2.24) is 24.8 Å². The fourth-order valence-corrected chi connectivity index (χ4v) is 3.73. The fourth-order valence-electron chi connectivity index (χ4n) is 3.73. The number of carbonyl (C=O) groups is 3. The van der Waals surface area contributed by atoms with Gasteiger partial charge in [0.1, 0.15) is 6.54 Å². The molecule has 1 aromatic carbocycles. The number of aromatic nitrogens is 3. The number of hydrogen-bond acceptors (Lipinski definition) is 5. The average molecular weight is 399 g/mol. The summed E-state index contributed by atoms with van der Waals surface area (Å²) < 4.78 is 1.64. The van der Waals surface area contributed by atoms with Crippen LogP contribution in [0.4, 0.5) is 0 Å². The van der Waals surface area contributed by atoms with Crippen molar-refractivity contribution in [2.24, 2.45) is 0 Å². The normalized spacial score (nSPS) is 16.9. The Hall–Kier alpha value is -3.23. The first-order valence-corrected chi connectivity index (χ1v) is 9.64. The number of rotatable bonds is 5. The minimum Gasteiger partial charge on any atom is -0.480 e. The largest absolute Gasteiger partial charge is 0.480 e. The molecule has 1 unspecified atom stereocenters. The van der Waals surface area contributed by atoms with Gasteiger partial charge in [0.2, 0.25) is 5.91 Å². The standard InChI is InChI=1S/C20H25N5O4/c1-14-19(21-22-25(14)17-7-4-3-5-8-17)20(29)23-11-6-9-16(10-12-23)24(15(2)26)13-18(27)28/h3-5,7-8,16H,6,9-13H2,1-2H3,(H,27,28). The highest BCUT2D eigenvalue weighted by Crippen LogP contribution is 2.20. The van der Waals surface area contributed by atoms with Gasteiger partial charge in [-0.2, -0.15) is 0 Å². The number of para-hydroxylation sites is 1. The number of amides is 2. The van der Waals surface area contributed by atoms with Crippen molar-refractivity contribution in [3.63, 3.8) is 0 Å². The van der Waals surface area contributed by atoms with Gasteiger partial charge in [0.05, 0.1) is 11.4 Å². The van der Waals surface area contributed by atoms with Crippen LogP contribution in [0, 0.1) is 6.92 Å². The zero-order valence-electron chi connectivity index (χ0n) is 16.6. The lowest BCUT2D eigenvalue weighted by Crippen LogP contribution is -2.43. The number of benzene rings is 1. The van der Waals surface area contributed by atoms with Crippen LogP contribution < -0.4 is 0 Å². The van der Waals surface area contributed by atoms with Crippen molar-refractivity contribution in [1.29, 1.82) is 0 Å². The molecule has 2 aromatic rings. The van der Waals surface area contributed by atoms with E-state index >= 15 is 0 Å². The van der Waals surface area contributed by atoms with Gasteiger partial charge < -0.3 is 14.9 Å². The highest BCUT2D eigenvalue weighted by atomic mass is 16.4. The molecule has 9 heteroatoms. The Bertz CT molecular complexity index is 896. The summed E-state index contributed by atoms with van der Waals surface area (Å²) >= 11 is 0. The molecule has 1 fully saturated rings. The van der Waals surface area contributed by atoms with Crippen LogP contribution in [-0.2, 0) is 9.59 Å². The third kappa shape index (κ3) is 4.61. The summed E-state index contributed by atoms with van der Waals surface area (Å²) in [6, 6.07) is 9.29. The molecule has 0 bridgehead atoms. The van der Waals surface area contributed by atoms with E-state index in [1.165, 1.54) is 11.8 Å². The van der Waals surface area contributed by atoms with Gasteiger partial charge in [-0.05, 0) is 38.3 Å². The van der Waals surface area contributed by atoms with Crippen molar-refractivity contribution in [3.05, 3.63) is 41.7 Å². The highest BCUT2D eigenvalue weighted by molar-refractivity contribution is 5.93. The minimum atomic E-state index is -1.04. The maximum atomic E-state index is 13.0. The van der Waals surface area contributed by atoms with E-state index in [4.69, 9.17) is 5.11 Å². The summed E-state index contributed by atoms with van der Waals surface area (Å²) in [6.45, 7) is 3.84. The molecule has 1 aliphatic heterocycles. The Balaban J connectivity index is 1.72. The maximum Gasteiger partial charge on any atom is 0.323 e. The molecule has 1 aromatic heterocycles. The predicted molar refractivity (Wildman–Crippen MR) is 105 cm³/mol. The van der Waals surface area contributed by atoms with Crippen molar-refractivity contribution < 1.29 is 19.5 Å². The van der Waals surface area contributed by atoms with Gasteiger partial charge in [0, 0.05) is 26.1 Å². The number of carboxylic acids is 1. The fraction of sp³-hybridized carbons (Fsp3) is 0.450. The van der Waals surface area contributed by atoms with E-state index in [9.17, 15) is 14.4 Å². The van der Waals surface area contributed by atoms with Gasteiger partial charge >= 0.3 is 5.97 Å². The van der Waals surface area contributed by atoms with Crippen molar-refractivity contribution in [2.75, 3.05) is 19.6 Å². The summed E-state index contributed by atoms with van der Waals surface area (Å²) in [6.07, 6.45) is 1.88. The van der Waals surface area contributed by atoms with Crippen LogP contribution in [0.3, 0.4) is 0 Å². The molecule has 2 heterocycles. The van der Waals surface area contributed by atoms with E-state index in [1.807, 2.05) is 37.3 Å². The first kappa shape index (κ1) is 20.5. The molecule has 0 aliphatic carbocycles. The van der Waals surface area contributed by atoms with Gasteiger partial charge in [-0.25, -0.2) is 4.68 Å². The second-order valence-corrected chi connectivity index (χ2v) is 7.19. The van der Waals surface area contributed by atoms with Gasteiger partial charge in [-0.3, -0.25) is 14.4 Å². The Morgan fingerprint density at radius 3 is 2.55 bits per heavy atom. The third-order valence-corrected chi connectivity index (χ3v) is 5.23. The van der Waals surface area contributed by atoms with Crippen LogP contribution in [0.25, 0.3) is 5.69 Å². The van der Waals surface area contributed by atoms with Crippen molar-refractivity contribution >= 4 is 17.8 Å². The van der Waals surface area contributed by atoms with E-state index in [2.05, 4.69) is 10.3 Å². The van der Waals surface area contributed by atoms with Crippen molar-refractivity contribution in [2.45, 2.75) is 39.2 Å². The molecular weight excluding hydrogens is 374 g/mol. The average Bonchev–Trinajstić information content (AvgIpc) is 2.92. The van der Waals surface area contributed by atoms with Gasteiger partial charge in [0.15, 0.2) is 5.69 Å². The van der Waals surface area contributed by atoms with E-state index < -0.39 is 5.97 Å². The molecular formula is C20H25N5O4. The molecule has 3 rings (SSSR count). The zero-order valence-corrected chi connectivity index (χ0v) is 16.6. The van der Waals surface area contributed by atoms with Gasteiger partial charge in [0.25, 0.3) is 5.91 Å². The smallest absolute Gasteiger partial charge is 0.323 e. The first-order chi connectivity index (χ1) is 13.9. The molecule has 1 saturated heterocycles. The predicted octanol–water partition coefficient (Wildman–Crippen LogP) is 1.50. The topological polar surface area (TPSA) is 109 Å². The Morgan fingerprint density at radius 1 is 1.17 bits per heavy atom. The van der Waals surface area contributed by atoms with Gasteiger partial charge in [-0.15, -0.1) is 5.10 Å². The number of carboxylic acid groups (broad SMARTS) is 1. The summed E-state index contributed by atoms with van der Waals surface area (Å²) in [4.78, 5) is 39.1. The molecule has 154 valence electrons. The molecule has 1 atom stereocenters. The van der Waals surface area contributed by atoms with Gasteiger partial charge in [-0.1, -0.05) is 23.4 Å². The lowest BCUT2D eigenvalue weighted by atomic mass is 10.1. The lowest BCUT2D eigenvalue weighted by molar-refractivity contribution is -0.145. The van der Waals surface area contributed by atoms with E-state index in [0.717, 1.165) is 5.69 Å². The molecule has 0 saturated carbocycles. The third-order valence-electron chi connectivity index (χ3n) is 5.23. The number of hydrogen-bond donors (Lipinski definition) is 1. The first-order valence-electron chi connectivity index (χ1n) is 9.64. The Labute approximate surface area is 168 Å². The van der Waals surface area contributed by atoms with E-state index in [1.54, 1.807) is 9.58 Å². The molecule has 29 heavy (non-hydrogen) atoms. The number of aliphatic carboxylic acids is 1. The molecule has 1 N–H and O–H groups in total. The number of carbonyl (C=O) groups excluding carboxylic acids is 2. The second kappa shape index (κ2) is 8.85. The van der Waals surface area contributed by atoms with Crippen LogP contribution in [0.1, 0.15) is 42.4 Å². The lowest BCUT2D eigenvalue weighted by Gasteiger charge is -2.28. The van der Waals surface area contributed by atoms with Crippen molar-refractivity contribution in [3.8, 4) is 5.69 Å². The Kier molecular flexibility index (Phi) is 6.26. The molecule has 0 radical (unpaired) electrons. The maximum absolute atomic E-state index is 13.0. The van der Waals surface area contributed by atoms with Crippen LogP contribution in [-0.4, -0.2) is 73.4 Å². The van der Waals surface area contributed by atoms with E-state index in [0.29, 0.717) is 43.7 Å². The summed E-state index contributed by atoms with van der Waals surface area (Å²) in [5.74, 6) is -1.50. The van der Waals surface area contributed by atoms with Crippen LogP contribution >= 0.6 is 0 Å². The zero-order chi connectivity index (χ0) is 21.0. The quantitative estimate of drug-likeness (QED) is 0.816. The van der Waals surface area contributed by atoms with E-state index in [-0.39, 0.29) is 24.4 Å². The van der Waals surface area contributed by atoms with Crippen LogP contribution in [0.15, 0.2) is 30.3 Å². The SMILES string of the molecule is CC(=O)N(CC(=O)O)C1CCCN(C(=O)c2nnn(-c3ccccc3)c2C)CC1. The molecule has 1 aliphatic rings. The molecule has 2 amide bonds. The monoisotopic (exact) mass is 399 g/mol. The summed E-state index contributed by atoms with van der Waals surface area (Å²) in [7, 11) is 0. The van der Waals surface area contributed by atoms with Crippen LogP contribution in [0.5, 0.6) is 0 Å². The number of likely N-dealkylation sites (tertiary alicyclic amines) is 1. The summed E-state index contributed by atoms with van der Waals surface area (Å²) in [5.41, 5.74) is 1.80. The minimum absolute atomic E-state index is 0.192. The molecule has 9 nitrogen and oxygen atoms in total.